The standard InChI is InChI=1S/C19H17BrN6O2S/c1-11-5-3-4-6-13(11)23-14(27)7-15-22-12(9-29-15)8-26-10-21-18-16(19(26)28)17(20)24-25(18)2/h3-6,9-10H,7-8H2,1-2H3,(H,23,27). The van der Waals surface area contributed by atoms with Gasteiger partial charge in [0.2, 0.25) is 5.91 Å². The number of para-hydroxylation sites is 1. The van der Waals surface area contributed by atoms with Gasteiger partial charge in [-0.2, -0.15) is 5.10 Å². The summed E-state index contributed by atoms with van der Waals surface area (Å²) in [6, 6.07) is 7.62. The molecule has 3 aromatic heterocycles. The number of fused-ring (bicyclic) bond motifs is 1. The number of aryl methyl sites for hydroxylation is 2. The lowest BCUT2D eigenvalue weighted by atomic mass is 10.2. The Kier molecular flexibility index (Phi) is 5.29. The molecule has 1 amide bonds. The minimum absolute atomic E-state index is 0.125. The van der Waals surface area contributed by atoms with Crippen LogP contribution in [0.1, 0.15) is 16.3 Å². The Labute approximate surface area is 178 Å². The first kappa shape index (κ1) is 19.5. The Bertz CT molecular complexity index is 1280. The Hall–Kier alpha value is -2.85. The zero-order valence-corrected chi connectivity index (χ0v) is 18.1. The van der Waals surface area contributed by atoms with Gasteiger partial charge in [-0.25, -0.2) is 14.6 Å². The lowest BCUT2D eigenvalue weighted by Crippen LogP contribution is -2.21. The molecule has 0 aliphatic heterocycles. The number of hydrogen-bond acceptors (Lipinski definition) is 6. The third-order valence-electron chi connectivity index (χ3n) is 4.43. The van der Waals surface area contributed by atoms with Gasteiger partial charge in [0.25, 0.3) is 5.56 Å². The van der Waals surface area contributed by atoms with E-state index < -0.39 is 0 Å². The lowest BCUT2D eigenvalue weighted by Gasteiger charge is -2.06. The molecule has 0 aliphatic carbocycles. The Balaban J connectivity index is 1.48. The number of hydrogen-bond donors (Lipinski definition) is 1. The number of nitrogens with zero attached hydrogens (tertiary/aromatic N) is 5. The van der Waals surface area contributed by atoms with Crippen molar-refractivity contribution in [1.29, 1.82) is 0 Å². The molecule has 0 radical (unpaired) electrons. The summed E-state index contributed by atoms with van der Waals surface area (Å²) in [5.41, 5.74) is 2.83. The zero-order valence-electron chi connectivity index (χ0n) is 15.7. The van der Waals surface area contributed by atoms with E-state index in [-0.39, 0.29) is 24.4 Å². The average Bonchev–Trinajstić information content (AvgIpc) is 3.23. The van der Waals surface area contributed by atoms with Crippen LogP contribution >= 0.6 is 27.3 Å². The summed E-state index contributed by atoms with van der Waals surface area (Å²) in [5.74, 6) is -0.125. The molecule has 1 aromatic carbocycles. The first-order chi connectivity index (χ1) is 13.9. The highest BCUT2D eigenvalue weighted by molar-refractivity contribution is 9.10. The van der Waals surface area contributed by atoms with Crippen molar-refractivity contribution in [3.05, 3.63) is 67.2 Å². The summed E-state index contributed by atoms with van der Waals surface area (Å²) in [4.78, 5) is 33.9. The van der Waals surface area contributed by atoms with E-state index in [1.54, 1.807) is 11.7 Å². The lowest BCUT2D eigenvalue weighted by molar-refractivity contribution is -0.115. The average molecular weight is 473 g/mol. The van der Waals surface area contributed by atoms with E-state index in [1.165, 1.54) is 22.2 Å². The van der Waals surface area contributed by atoms with Crippen LogP contribution in [0.3, 0.4) is 0 Å². The summed E-state index contributed by atoms with van der Waals surface area (Å²) >= 11 is 4.70. The second-order valence-electron chi connectivity index (χ2n) is 6.56. The normalized spacial score (nSPS) is 11.1. The van der Waals surface area contributed by atoms with Gasteiger partial charge >= 0.3 is 0 Å². The van der Waals surface area contributed by atoms with Gasteiger partial charge in [-0.15, -0.1) is 11.3 Å². The van der Waals surface area contributed by atoms with Crippen molar-refractivity contribution in [1.82, 2.24) is 24.3 Å². The van der Waals surface area contributed by atoms with Crippen LogP contribution in [0.5, 0.6) is 0 Å². The third-order valence-corrected chi connectivity index (χ3v) is 5.88. The van der Waals surface area contributed by atoms with Crippen molar-refractivity contribution in [3.63, 3.8) is 0 Å². The Morgan fingerprint density at radius 2 is 2.10 bits per heavy atom. The van der Waals surface area contributed by atoms with Crippen LogP contribution in [0, 0.1) is 6.92 Å². The molecule has 29 heavy (non-hydrogen) atoms. The van der Waals surface area contributed by atoms with Crippen molar-refractivity contribution < 1.29 is 4.79 Å². The van der Waals surface area contributed by atoms with Crippen LogP contribution in [0.2, 0.25) is 0 Å². The van der Waals surface area contributed by atoms with Crippen LogP contribution in [0.15, 0.2) is 45.4 Å². The highest BCUT2D eigenvalue weighted by Gasteiger charge is 2.15. The molecule has 0 bridgehead atoms. The van der Waals surface area contributed by atoms with E-state index in [4.69, 9.17) is 0 Å². The van der Waals surface area contributed by atoms with Crippen molar-refractivity contribution in [2.75, 3.05) is 5.32 Å². The number of rotatable bonds is 5. The molecule has 0 saturated heterocycles. The van der Waals surface area contributed by atoms with Gasteiger partial charge in [-0.05, 0) is 34.5 Å². The topological polar surface area (TPSA) is 94.7 Å². The number of aromatic nitrogens is 5. The number of amides is 1. The van der Waals surface area contributed by atoms with Crippen LogP contribution in [-0.2, 0) is 24.8 Å². The quantitative estimate of drug-likeness (QED) is 0.481. The SMILES string of the molecule is Cc1ccccc1NC(=O)Cc1nc(Cn2cnc3c(c(Br)nn3C)c2=O)cs1. The number of halogens is 1. The smallest absolute Gasteiger partial charge is 0.266 e. The Morgan fingerprint density at radius 1 is 1.31 bits per heavy atom. The van der Waals surface area contributed by atoms with E-state index in [0.717, 1.165) is 11.3 Å². The summed E-state index contributed by atoms with van der Waals surface area (Å²) in [6.45, 7) is 2.22. The van der Waals surface area contributed by atoms with Crippen molar-refractivity contribution in [2.24, 2.45) is 7.05 Å². The summed E-state index contributed by atoms with van der Waals surface area (Å²) in [7, 11) is 1.73. The zero-order chi connectivity index (χ0) is 20.5. The third kappa shape index (κ3) is 3.99. The molecular weight excluding hydrogens is 456 g/mol. The van der Waals surface area contributed by atoms with Gasteiger partial charge in [-0.1, -0.05) is 18.2 Å². The minimum atomic E-state index is -0.193. The van der Waals surface area contributed by atoms with E-state index in [9.17, 15) is 9.59 Å². The maximum Gasteiger partial charge on any atom is 0.266 e. The number of carbonyl (C=O) groups excluding carboxylic acids is 1. The van der Waals surface area contributed by atoms with Gasteiger partial charge in [0, 0.05) is 18.1 Å². The maximum absolute atomic E-state index is 12.7. The number of thiazole rings is 1. The molecule has 10 heteroatoms. The molecule has 148 valence electrons. The van der Waals surface area contributed by atoms with E-state index in [0.29, 0.717) is 26.3 Å². The molecule has 0 fully saturated rings. The summed E-state index contributed by atoms with van der Waals surface area (Å²) < 4.78 is 3.51. The second-order valence-corrected chi connectivity index (χ2v) is 8.26. The van der Waals surface area contributed by atoms with Gasteiger partial charge in [0.1, 0.15) is 21.3 Å². The van der Waals surface area contributed by atoms with Gasteiger partial charge in [0.05, 0.1) is 18.7 Å². The molecule has 0 saturated carbocycles. The number of nitrogens with one attached hydrogen (secondary N) is 1. The largest absolute Gasteiger partial charge is 0.325 e. The first-order valence-electron chi connectivity index (χ1n) is 8.79. The fourth-order valence-corrected chi connectivity index (χ4v) is 4.34. The van der Waals surface area contributed by atoms with Crippen molar-refractivity contribution in [3.8, 4) is 0 Å². The minimum Gasteiger partial charge on any atom is -0.325 e. The van der Waals surface area contributed by atoms with Crippen LogP contribution in [0.4, 0.5) is 5.69 Å². The van der Waals surface area contributed by atoms with E-state index >= 15 is 0 Å². The predicted molar refractivity (Wildman–Crippen MR) is 115 cm³/mol. The van der Waals surface area contributed by atoms with Crippen LogP contribution in [-0.4, -0.2) is 30.2 Å². The maximum atomic E-state index is 12.7. The Morgan fingerprint density at radius 3 is 2.90 bits per heavy atom. The second kappa shape index (κ2) is 7.88. The molecule has 0 unspecified atom stereocenters. The van der Waals surface area contributed by atoms with Gasteiger partial charge in [-0.3, -0.25) is 14.2 Å². The van der Waals surface area contributed by atoms with Gasteiger partial charge in [0.15, 0.2) is 5.65 Å². The molecular formula is C19H17BrN6O2S. The van der Waals surface area contributed by atoms with Crippen LogP contribution < -0.4 is 10.9 Å². The summed E-state index contributed by atoms with van der Waals surface area (Å²) in [6.07, 6.45) is 1.67. The molecule has 4 aromatic rings. The first-order valence-corrected chi connectivity index (χ1v) is 10.5. The molecule has 8 nitrogen and oxygen atoms in total. The number of anilines is 1. The highest BCUT2D eigenvalue weighted by Crippen LogP contribution is 2.18. The predicted octanol–water partition coefficient (Wildman–Crippen LogP) is 2.89. The highest BCUT2D eigenvalue weighted by atomic mass is 79.9. The van der Waals surface area contributed by atoms with Gasteiger partial charge < -0.3 is 5.32 Å². The number of benzene rings is 1. The molecule has 4 rings (SSSR count). The molecule has 1 N–H and O–H groups in total. The molecule has 0 atom stereocenters. The molecule has 3 heterocycles. The fraction of sp³-hybridized carbons (Fsp3) is 0.211. The van der Waals surface area contributed by atoms with E-state index in [2.05, 4.69) is 36.3 Å². The van der Waals surface area contributed by atoms with E-state index in [1.807, 2.05) is 36.6 Å². The summed E-state index contributed by atoms with van der Waals surface area (Å²) in [5, 5.41) is 10.1. The number of carbonyl (C=O) groups is 1. The monoisotopic (exact) mass is 472 g/mol. The van der Waals surface area contributed by atoms with Crippen molar-refractivity contribution >= 4 is 49.9 Å². The van der Waals surface area contributed by atoms with Crippen molar-refractivity contribution in [2.45, 2.75) is 19.9 Å². The molecule has 0 aliphatic rings. The van der Waals surface area contributed by atoms with Crippen LogP contribution in [0.25, 0.3) is 11.0 Å². The molecule has 0 spiro atoms. The fourth-order valence-electron chi connectivity index (χ4n) is 2.97.